The van der Waals surface area contributed by atoms with Crippen LogP contribution in [0, 0.1) is 0 Å². The topological polar surface area (TPSA) is 77.2 Å². The zero-order valence-corrected chi connectivity index (χ0v) is 15.0. The molecule has 7 heteroatoms. The number of benzene rings is 1. The quantitative estimate of drug-likeness (QED) is 0.538. The van der Waals surface area contributed by atoms with Crippen LogP contribution < -0.4 is 0 Å². The van der Waals surface area contributed by atoms with Crippen LogP contribution in [-0.2, 0) is 14.1 Å². The van der Waals surface area contributed by atoms with Crippen LogP contribution in [-0.4, -0.2) is 34.5 Å². The molecule has 132 valence electrons. The first-order valence-corrected chi connectivity index (χ1v) is 8.64. The fourth-order valence-corrected chi connectivity index (χ4v) is 3.37. The number of pyridine rings is 1. The molecule has 0 unspecified atom stereocenters. The molecule has 0 amide bonds. The third-order valence-corrected chi connectivity index (χ3v) is 4.63. The minimum atomic E-state index is 0.766. The molecule has 5 rings (SSSR count). The van der Waals surface area contributed by atoms with Crippen LogP contribution in [0.15, 0.2) is 60.9 Å². The smallest absolute Gasteiger partial charge is 0.177 e. The maximum atomic E-state index is 4.79. The molecule has 5 aromatic rings. The number of hydrogen-bond donors (Lipinski definition) is 1. The number of hydrogen-bond acceptors (Lipinski definition) is 4. The average molecular weight is 355 g/mol. The second-order valence-electron chi connectivity index (χ2n) is 6.37. The lowest BCUT2D eigenvalue weighted by molar-refractivity contribution is 0.776. The minimum Gasteiger partial charge on any atom is -0.335 e. The molecule has 0 saturated heterocycles. The van der Waals surface area contributed by atoms with Crippen LogP contribution in [0.4, 0.5) is 0 Å². The number of aromatic nitrogens is 7. The van der Waals surface area contributed by atoms with E-state index in [0.29, 0.717) is 0 Å². The highest BCUT2D eigenvalue weighted by Gasteiger charge is 2.20. The first-order valence-electron chi connectivity index (χ1n) is 8.64. The number of aryl methyl sites for hydroxylation is 2. The summed E-state index contributed by atoms with van der Waals surface area (Å²) in [5.41, 5.74) is 6.32. The zero-order valence-electron chi connectivity index (χ0n) is 15.0. The monoisotopic (exact) mass is 355 g/mol. The summed E-state index contributed by atoms with van der Waals surface area (Å²) in [7, 11) is 3.83. The predicted molar refractivity (Wildman–Crippen MR) is 104 cm³/mol. The Bertz CT molecular complexity index is 1230. The number of rotatable bonds is 3. The van der Waals surface area contributed by atoms with E-state index in [9.17, 15) is 0 Å². The standard InChI is InChI=1S/C20H17N7/c1-26-18(13-8-4-3-5-9-13)14(12-22-26)19-23-17-16(15-10-6-7-11-21-15)25-27(2)20(17)24-19/h3-12H,1-2H3,(H,23,24). The van der Waals surface area contributed by atoms with Gasteiger partial charge in [-0.25, -0.2) is 9.67 Å². The van der Waals surface area contributed by atoms with Crippen molar-refractivity contribution in [1.29, 1.82) is 0 Å². The van der Waals surface area contributed by atoms with E-state index in [-0.39, 0.29) is 0 Å². The average Bonchev–Trinajstić information content (AvgIpc) is 3.38. The fourth-order valence-electron chi connectivity index (χ4n) is 3.37. The molecule has 0 atom stereocenters. The molecular formula is C20H17N7. The number of fused-ring (bicyclic) bond motifs is 1. The molecule has 0 spiro atoms. The zero-order chi connectivity index (χ0) is 18.4. The van der Waals surface area contributed by atoms with Crippen LogP contribution in [0.5, 0.6) is 0 Å². The van der Waals surface area contributed by atoms with Crippen molar-refractivity contribution < 1.29 is 0 Å². The van der Waals surface area contributed by atoms with Gasteiger partial charge in [0.15, 0.2) is 5.65 Å². The molecule has 4 heterocycles. The first kappa shape index (κ1) is 15.5. The van der Waals surface area contributed by atoms with E-state index in [1.54, 1.807) is 10.9 Å². The van der Waals surface area contributed by atoms with Gasteiger partial charge in [0.05, 0.1) is 23.1 Å². The molecule has 0 aliphatic heterocycles. The molecule has 0 aliphatic carbocycles. The van der Waals surface area contributed by atoms with E-state index in [2.05, 4.69) is 32.3 Å². The van der Waals surface area contributed by atoms with Gasteiger partial charge in [0, 0.05) is 25.9 Å². The van der Waals surface area contributed by atoms with Gasteiger partial charge in [-0.05, 0) is 12.1 Å². The molecule has 1 aromatic carbocycles. The van der Waals surface area contributed by atoms with Crippen LogP contribution in [0.3, 0.4) is 0 Å². The summed E-state index contributed by atoms with van der Waals surface area (Å²) in [6.07, 6.45) is 3.61. The lowest BCUT2D eigenvalue weighted by Crippen LogP contribution is -1.95. The summed E-state index contributed by atoms with van der Waals surface area (Å²) in [5, 5.41) is 9.03. The first-order chi connectivity index (χ1) is 13.2. The molecule has 7 nitrogen and oxygen atoms in total. The number of nitrogens with one attached hydrogen (secondary N) is 1. The Morgan fingerprint density at radius 1 is 0.926 bits per heavy atom. The molecule has 0 bridgehead atoms. The van der Waals surface area contributed by atoms with Crippen molar-refractivity contribution in [2.45, 2.75) is 0 Å². The normalized spacial score (nSPS) is 11.3. The van der Waals surface area contributed by atoms with Gasteiger partial charge in [-0.2, -0.15) is 10.2 Å². The number of imidazole rings is 1. The van der Waals surface area contributed by atoms with Crippen molar-refractivity contribution in [1.82, 2.24) is 34.5 Å². The van der Waals surface area contributed by atoms with Crippen molar-refractivity contribution in [3.05, 3.63) is 60.9 Å². The summed E-state index contributed by atoms with van der Waals surface area (Å²) >= 11 is 0. The molecule has 1 N–H and O–H groups in total. The van der Waals surface area contributed by atoms with Crippen molar-refractivity contribution in [3.63, 3.8) is 0 Å². The summed E-state index contributed by atoms with van der Waals surface area (Å²) in [6.45, 7) is 0. The Kier molecular flexibility index (Phi) is 3.39. The van der Waals surface area contributed by atoms with Gasteiger partial charge < -0.3 is 4.98 Å². The molecule has 27 heavy (non-hydrogen) atoms. The van der Waals surface area contributed by atoms with Crippen molar-refractivity contribution in [3.8, 4) is 34.0 Å². The van der Waals surface area contributed by atoms with Gasteiger partial charge >= 0.3 is 0 Å². The SMILES string of the molecule is Cn1ncc(-c2nc3c([nH]2)c(-c2ccccn2)nn3C)c1-c1ccccc1. The van der Waals surface area contributed by atoms with E-state index in [4.69, 9.17) is 4.98 Å². The summed E-state index contributed by atoms with van der Waals surface area (Å²) in [6, 6.07) is 16.0. The van der Waals surface area contributed by atoms with Crippen molar-refractivity contribution in [2.24, 2.45) is 14.1 Å². The molecular weight excluding hydrogens is 338 g/mol. The van der Waals surface area contributed by atoms with Gasteiger partial charge in [-0.1, -0.05) is 36.4 Å². The summed E-state index contributed by atoms with van der Waals surface area (Å²) < 4.78 is 3.65. The van der Waals surface area contributed by atoms with Gasteiger partial charge in [0.2, 0.25) is 0 Å². The highest BCUT2D eigenvalue weighted by molar-refractivity contribution is 5.90. The predicted octanol–water partition coefficient (Wildman–Crippen LogP) is 3.43. The van der Waals surface area contributed by atoms with Crippen LogP contribution in [0.1, 0.15) is 0 Å². The summed E-state index contributed by atoms with van der Waals surface area (Å²) in [5.74, 6) is 0.766. The molecule has 0 aliphatic rings. The molecule has 0 radical (unpaired) electrons. The van der Waals surface area contributed by atoms with E-state index in [0.717, 1.165) is 45.2 Å². The largest absolute Gasteiger partial charge is 0.335 e. The third-order valence-electron chi connectivity index (χ3n) is 4.63. The van der Waals surface area contributed by atoms with Crippen LogP contribution in [0.25, 0.3) is 45.2 Å². The van der Waals surface area contributed by atoms with Crippen LogP contribution in [0.2, 0.25) is 0 Å². The maximum absolute atomic E-state index is 4.79. The molecule has 0 fully saturated rings. The Balaban J connectivity index is 1.70. The highest BCUT2D eigenvalue weighted by atomic mass is 15.3. The number of nitrogens with zero attached hydrogens (tertiary/aromatic N) is 6. The second-order valence-corrected chi connectivity index (χ2v) is 6.37. The third kappa shape index (κ3) is 2.43. The summed E-state index contributed by atoms with van der Waals surface area (Å²) in [4.78, 5) is 12.7. The van der Waals surface area contributed by atoms with E-state index >= 15 is 0 Å². The van der Waals surface area contributed by atoms with Crippen LogP contribution >= 0.6 is 0 Å². The van der Waals surface area contributed by atoms with E-state index in [1.165, 1.54) is 0 Å². The lowest BCUT2D eigenvalue weighted by Gasteiger charge is -2.04. The maximum Gasteiger partial charge on any atom is 0.177 e. The molecule has 0 saturated carbocycles. The lowest BCUT2D eigenvalue weighted by atomic mass is 10.1. The number of H-pyrrole nitrogens is 1. The minimum absolute atomic E-state index is 0.766. The Morgan fingerprint density at radius 3 is 2.52 bits per heavy atom. The Hall–Kier alpha value is -3.74. The number of aromatic amines is 1. The molecule has 4 aromatic heterocycles. The van der Waals surface area contributed by atoms with Gasteiger partial charge in [0.1, 0.15) is 17.0 Å². The second kappa shape index (κ2) is 5.91. The van der Waals surface area contributed by atoms with E-state index < -0.39 is 0 Å². The van der Waals surface area contributed by atoms with Crippen molar-refractivity contribution in [2.75, 3.05) is 0 Å². The Labute approximate surface area is 155 Å². The van der Waals surface area contributed by atoms with E-state index in [1.807, 2.05) is 61.4 Å². The van der Waals surface area contributed by atoms with Gasteiger partial charge in [-0.3, -0.25) is 9.67 Å². The van der Waals surface area contributed by atoms with Gasteiger partial charge in [0.25, 0.3) is 0 Å². The Morgan fingerprint density at radius 2 is 1.74 bits per heavy atom. The van der Waals surface area contributed by atoms with Crippen molar-refractivity contribution >= 4 is 11.2 Å². The highest BCUT2D eigenvalue weighted by Crippen LogP contribution is 2.33. The fraction of sp³-hybridized carbons (Fsp3) is 0.100. The van der Waals surface area contributed by atoms with Gasteiger partial charge in [-0.15, -0.1) is 0 Å².